The monoisotopic (exact) mass is 403 g/mol. The summed E-state index contributed by atoms with van der Waals surface area (Å²) in [6.45, 7) is 0. The van der Waals surface area contributed by atoms with E-state index in [4.69, 9.17) is 16.5 Å². The highest BCUT2D eigenvalue weighted by Gasteiger charge is 2.23. The van der Waals surface area contributed by atoms with Crippen molar-refractivity contribution in [2.24, 2.45) is 12.8 Å². The fourth-order valence-corrected chi connectivity index (χ4v) is 4.12. The number of aryl methyl sites for hydroxylation is 1. The van der Waals surface area contributed by atoms with Crippen LogP contribution in [0, 0.1) is 0 Å². The molecule has 0 saturated heterocycles. The topological polar surface area (TPSA) is 125 Å². The van der Waals surface area contributed by atoms with Gasteiger partial charge in [0.1, 0.15) is 12.1 Å². The number of hydrogen-bond donors (Lipinski definition) is 3. The summed E-state index contributed by atoms with van der Waals surface area (Å²) in [5.74, 6) is 1.68. The van der Waals surface area contributed by atoms with E-state index in [0.717, 1.165) is 59.8 Å². The van der Waals surface area contributed by atoms with E-state index in [-0.39, 0.29) is 0 Å². The molecular formula is C21H25N9. The molecule has 0 spiro atoms. The zero-order valence-electron chi connectivity index (χ0n) is 16.9. The first-order valence-electron chi connectivity index (χ1n) is 10.2. The third-order valence-corrected chi connectivity index (χ3v) is 5.79. The molecule has 0 amide bonds. The molecule has 5 N–H and O–H groups in total. The van der Waals surface area contributed by atoms with Gasteiger partial charge in [-0.3, -0.25) is 0 Å². The van der Waals surface area contributed by atoms with Crippen molar-refractivity contribution in [3.63, 3.8) is 0 Å². The van der Waals surface area contributed by atoms with Crippen LogP contribution in [0.2, 0.25) is 0 Å². The fraction of sp³-hybridized carbons (Fsp3) is 0.333. The van der Waals surface area contributed by atoms with Gasteiger partial charge in [-0.15, -0.1) is 15.3 Å². The van der Waals surface area contributed by atoms with Gasteiger partial charge in [0.05, 0.1) is 17.6 Å². The number of nitrogens with one attached hydrogen (secondary N) is 1. The minimum Gasteiger partial charge on any atom is -0.382 e. The highest BCUT2D eigenvalue weighted by Crippen LogP contribution is 2.33. The van der Waals surface area contributed by atoms with E-state index >= 15 is 0 Å². The van der Waals surface area contributed by atoms with Gasteiger partial charge in [-0.25, -0.2) is 9.50 Å². The quantitative estimate of drug-likeness (QED) is 0.478. The summed E-state index contributed by atoms with van der Waals surface area (Å²) in [5.41, 5.74) is 16.7. The van der Waals surface area contributed by atoms with Crippen LogP contribution in [0.15, 0.2) is 42.9 Å². The predicted octanol–water partition coefficient (Wildman–Crippen LogP) is 2.84. The number of nitrogens with two attached hydrogens (primary N) is 2. The van der Waals surface area contributed by atoms with Gasteiger partial charge in [-0.1, -0.05) is 0 Å². The number of aromatic nitrogens is 6. The van der Waals surface area contributed by atoms with Crippen molar-refractivity contribution in [3.05, 3.63) is 48.5 Å². The third kappa shape index (κ3) is 3.48. The molecule has 1 aromatic carbocycles. The maximum atomic E-state index is 6.06. The molecule has 0 radical (unpaired) electrons. The Morgan fingerprint density at radius 2 is 1.87 bits per heavy atom. The molecule has 0 atom stereocenters. The Bertz CT molecular complexity index is 1170. The molecule has 0 unspecified atom stereocenters. The molecule has 9 nitrogen and oxygen atoms in total. The second-order valence-corrected chi connectivity index (χ2v) is 8.00. The van der Waals surface area contributed by atoms with Gasteiger partial charge in [0, 0.05) is 36.3 Å². The molecule has 0 aliphatic heterocycles. The van der Waals surface area contributed by atoms with Crippen molar-refractivity contribution in [2.75, 3.05) is 11.1 Å². The number of nitrogens with zero attached hydrogens (tertiary/aromatic N) is 6. The summed E-state index contributed by atoms with van der Waals surface area (Å²) in [6.07, 6.45) is 7.89. The van der Waals surface area contributed by atoms with E-state index in [1.165, 1.54) is 0 Å². The van der Waals surface area contributed by atoms with Crippen LogP contribution < -0.4 is 16.8 Å². The maximum Gasteiger partial charge on any atom is 0.177 e. The third-order valence-electron chi connectivity index (χ3n) is 5.79. The average molecular weight is 403 g/mol. The Hall–Kier alpha value is -3.46. The minimum absolute atomic E-state index is 0.314. The summed E-state index contributed by atoms with van der Waals surface area (Å²) in [6, 6.07) is 10.2. The largest absolute Gasteiger partial charge is 0.382 e. The van der Waals surface area contributed by atoms with Crippen molar-refractivity contribution >= 4 is 22.8 Å². The number of anilines is 3. The van der Waals surface area contributed by atoms with E-state index in [9.17, 15) is 0 Å². The van der Waals surface area contributed by atoms with Crippen molar-refractivity contribution in [2.45, 2.75) is 37.6 Å². The standard InChI is InChI=1S/C21H25N9/c1-29-12-24-27-20(29)14-4-8-16(9-5-14)25-17-10-19(23)28-30-11-18(26-21(17)30)13-2-6-15(22)7-3-13/h4-5,8-13,15,25H,2-3,6-7,22H2,1H3,(H2,23,28). The zero-order chi connectivity index (χ0) is 20.7. The lowest BCUT2D eigenvalue weighted by molar-refractivity contribution is 0.391. The van der Waals surface area contributed by atoms with Crippen LogP contribution in [0.3, 0.4) is 0 Å². The van der Waals surface area contributed by atoms with E-state index < -0.39 is 0 Å². The van der Waals surface area contributed by atoms with E-state index in [0.29, 0.717) is 17.8 Å². The Morgan fingerprint density at radius 3 is 2.57 bits per heavy atom. The Kier molecular flexibility index (Phi) is 4.59. The molecule has 0 bridgehead atoms. The molecule has 4 aromatic rings. The van der Waals surface area contributed by atoms with Crippen molar-refractivity contribution in [1.82, 2.24) is 29.4 Å². The summed E-state index contributed by atoms with van der Waals surface area (Å²) < 4.78 is 3.66. The molecule has 3 aromatic heterocycles. The molecule has 1 aliphatic rings. The van der Waals surface area contributed by atoms with E-state index in [2.05, 4.69) is 20.6 Å². The van der Waals surface area contributed by atoms with Crippen LogP contribution in [0.1, 0.15) is 37.3 Å². The molecule has 154 valence electrons. The van der Waals surface area contributed by atoms with E-state index in [1.54, 1.807) is 10.8 Å². The normalized spacial score (nSPS) is 19.3. The summed E-state index contributed by atoms with van der Waals surface area (Å²) in [5, 5.41) is 15.9. The molecular weight excluding hydrogens is 378 g/mol. The molecule has 30 heavy (non-hydrogen) atoms. The molecule has 9 heteroatoms. The second-order valence-electron chi connectivity index (χ2n) is 8.00. The van der Waals surface area contributed by atoms with Gasteiger partial charge in [-0.05, 0) is 49.9 Å². The predicted molar refractivity (Wildman–Crippen MR) is 116 cm³/mol. The first-order valence-corrected chi connectivity index (χ1v) is 10.2. The molecule has 1 aliphatic carbocycles. The highest BCUT2D eigenvalue weighted by atomic mass is 15.3. The van der Waals surface area contributed by atoms with E-state index in [1.807, 2.05) is 48.1 Å². The van der Waals surface area contributed by atoms with Gasteiger partial charge in [0.15, 0.2) is 11.5 Å². The van der Waals surface area contributed by atoms with Crippen LogP contribution in [-0.2, 0) is 7.05 Å². The van der Waals surface area contributed by atoms with Gasteiger partial charge in [-0.2, -0.15) is 0 Å². The Labute approximate surface area is 174 Å². The second kappa shape index (κ2) is 7.42. The van der Waals surface area contributed by atoms with Crippen LogP contribution >= 0.6 is 0 Å². The SMILES string of the molecule is Cn1cnnc1-c1ccc(Nc2cc(N)nn3cc(C4CCC(N)CC4)nc23)cc1. The first kappa shape index (κ1) is 18.6. The Balaban J connectivity index is 1.43. The fourth-order valence-electron chi connectivity index (χ4n) is 4.12. The van der Waals surface area contributed by atoms with Crippen molar-refractivity contribution in [1.29, 1.82) is 0 Å². The van der Waals surface area contributed by atoms with Gasteiger partial charge < -0.3 is 21.4 Å². The number of nitrogen functional groups attached to an aromatic ring is 1. The van der Waals surface area contributed by atoms with Crippen molar-refractivity contribution in [3.8, 4) is 11.4 Å². The van der Waals surface area contributed by atoms with Gasteiger partial charge in [0.2, 0.25) is 0 Å². The maximum absolute atomic E-state index is 6.06. The molecule has 1 saturated carbocycles. The van der Waals surface area contributed by atoms with Crippen molar-refractivity contribution < 1.29 is 0 Å². The van der Waals surface area contributed by atoms with Gasteiger partial charge in [0.25, 0.3) is 0 Å². The minimum atomic E-state index is 0.314. The van der Waals surface area contributed by atoms with Crippen LogP contribution in [0.4, 0.5) is 17.2 Å². The molecule has 3 heterocycles. The lowest BCUT2D eigenvalue weighted by Gasteiger charge is -2.24. The van der Waals surface area contributed by atoms with Crippen LogP contribution in [0.25, 0.3) is 17.0 Å². The molecule has 5 rings (SSSR count). The summed E-state index contributed by atoms with van der Waals surface area (Å²) >= 11 is 0. The lowest BCUT2D eigenvalue weighted by Crippen LogP contribution is -2.25. The average Bonchev–Trinajstić information content (AvgIpc) is 3.35. The highest BCUT2D eigenvalue weighted by molar-refractivity contribution is 5.76. The van der Waals surface area contributed by atoms with Crippen LogP contribution in [-0.4, -0.2) is 35.4 Å². The lowest BCUT2D eigenvalue weighted by atomic mass is 9.85. The smallest absolute Gasteiger partial charge is 0.177 e. The summed E-state index contributed by atoms with van der Waals surface area (Å²) in [4.78, 5) is 4.89. The Morgan fingerprint density at radius 1 is 1.10 bits per heavy atom. The number of fused-ring (bicyclic) bond motifs is 1. The number of hydrogen-bond acceptors (Lipinski definition) is 7. The zero-order valence-corrected chi connectivity index (χ0v) is 16.9. The number of rotatable bonds is 4. The van der Waals surface area contributed by atoms with Crippen LogP contribution in [0.5, 0.6) is 0 Å². The van der Waals surface area contributed by atoms with Gasteiger partial charge >= 0.3 is 0 Å². The first-order chi connectivity index (χ1) is 14.6. The summed E-state index contributed by atoms with van der Waals surface area (Å²) in [7, 11) is 1.92. The number of benzene rings is 1. The number of imidazole rings is 1. The molecule has 1 fully saturated rings.